The van der Waals surface area contributed by atoms with Crippen LogP contribution in [0.25, 0.3) is 0 Å². The van der Waals surface area contributed by atoms with Gasteiger partial charge in [0.1, 0.15) is 13.2 Å². The highest BCUT2D eigenvalue weighted by Gasteiger charge is 2.19. The molecule has 0 aliphatic rings. The van der Waals surface area contributed by atoms with Crippen molar-refractivity contribution in [2.75, 3.05) is 13.2 Å². The normalized spacial score (nSPS) is 12.6. The molecule has 0 aliphatic heterocycles. The van der Waals surface area contributed by atoms with E-state index in [1.807, 2.05) is 0 Å². The van der Waals surface area contributed by atoms with Gasteiger partial charge < -0.3 is 14.2 Å². The Kier molecular flexibility index (Phi) is 40.4. The molecule has 0 rings (SSSR count). The first-order chi connectivity index (χ1) is 27.1. The molecule has 0 aliphatic carbocycles. The van der Waals surface area contributed by atoms with E-state index in [4.69, 9.17) is 14.2 Å². The van der Waals surface area contributed by atoms with Gasteiger partial charge >= 0.3 is 17.9 Å². The van der Waals surface area contributed by atoms with Crippen LogP contribution in [0.3, 0.4) is 0 Å². The summed E-state index contributed by atoms with van der Waals surface area (Å²) in [6.45, 7) is 13.7. The summed E-state index contributed by atoms with van der Waals surface area (Å²) in [7, 11) is 0. The van der Waals surface area contributed by atoms with Crippen molar-refractivity contribution < 1.29 is 28.6 Å². The Balaban J connectivity index is 4.30. The molecule has 0 radical (unpaired) electrons. The topological polar surface area (TPSA) is 78.9 Å². The zero-order valence-electron chi connectivity index (χ0n) is 38.4. The van der Waals surface area contributed by atoms with Crippen LogP contribution in [0.5, 0.6) is 0 Å². The molecule has 2 atom stereocenters. The highest BCUT2D eigenvalue weighted by Crippen LogP contribution is 2.18. The molecule has 332 valence electrons. The van der Waals surface area contributed by atoms with E-state index in [1.54, 1.807) is 0 Å². The molecule has 0 aromatic rings. The second-order valence-electron chi connectivity index (χ2n) is 18.3. The summed E-state index contributed by atoms with van der Waals surface area (Å²) in [5.41, 5.74) is 0. The van der Waals surface area contributed by atoms with Crippen LogP contribution in [-0.4, -0.2) is 37.2 Å². The Morgan fingerprint density at radius 3 is 0.929 bits per heavy atom. The number of ether oxygens (including phenoxy) is 3. The maximum Gasteiger partial charge on any atom is 0.306 e. The number of esters is 3. The average Bonchev–Trinajstić information content (AvgIpc) is 3.16. The van der Waals surface area contributed by atoms with E-state index < -0.39 is 6.10 Å². The zero-order chi connectivity index (χ0) is 41.3. The van der Waals surface area contributed by atoms with Gasteiger partial charge in [0.15, 0.2) is 6.10 Å². The fourth-order valence-corrected chi connectivity index (χ4v) is 7.38. The molecule has 0 amide bonds. The van der Waals surface area contributed by atoms with Gasteiger partial charge in [-0.1, -0.05) is 228 Å². The van der Waals surface area contributed by atoms with Crippen molar-refractivity contribution in [2.24, 2.45) is 17.8 Å². The Hall–Kier alpha value is -1.59. The van der Waals surface area contributed by atoms with E-state index in [1.165, 1.54) is 148 Å². The molecule has 0 saturated carbocycles. The number of carbonyl (C=O) groups excluding carboxylic acids is 3. The van der Waals surface area contributed by atoms with Gasteiger partial charge in [0.25, 0.3) is 0 Å². The largest absolute Gasteiger partial charge is 0.462 e. The van der Waals surface area contributed by atoms with Crippen molar-refractivity contribution in [3.8, 4) is 0 Å². The number of rotatable bonds is 43. The predicted octanol–water partition coefficient (Wildman–Crippen LogP) is 15.6. The lowest BCUT2D eigenvalue weighted by atomic mass is 10.00. The average molecular weight is 793 g/mol. The maximum absolute atomic E-state index is 12.8. The molecule has 56 heavy (non-hydrogen) atoms. The van der Waals surface area contributed by atoms with Crippen LogP contribution >= 0.6 is 0 Å². The lowest BCUT2D eigenvalue weighted by Gasteiger charge is -2.18. The molecule has 6 nitrogen and oxygen atoms in total. The van der Waals surface area contributed by atoms with Crippen LogP contribution in [0.15, 0.2) is 0 Å². The van der Waals surface area contributed by atoms with Crippen LogP contribution in [0.4, 0.5) is 0 Å². The standard InChI is InChI=1S/C50H96O6/c1-7-46(6)38-32-26-22-23-28-34-40-49(52)55-43-47(42-54-48(51)39-33-27-20-17-16-19-25-31-37-45(4)5)56-50(53)41-35-29-21-15-13-11-9-8-10-12-14-18-24-30-36-44(2)3/h44-47H,7-43H2,1-6H3/t46?,47-/m1/s1. The Bertz CT molecular complexity index is 870. The van der Waals surface area contributed by atoms with Crippen LogP contribution in [0, 0.1) is 17.8 Å². The van der Waals surface area contributed by atoms with Gasteiger partial charge in [0.2, 0.25) is 0 Å². The zero-order valence-corrected chi connectivity index (χ0v) is 38.4. The van der Waals surface area contributed by atoms with E-state index in [-0.39, 0.29) is 31.1 Å². The van der Waals surface area contributed by atoms with Crippen LogP contribution in [0.1, 0.15) is 266 Å². The summed E-state index contributed by atoms with van der Waals surface area (Å²) in [5, 5.41) is 0. The van der Waals surface area contributed by atoms with Crippen molar-refractivity contribution in [2.45, 2.75) is 272 Å². The van der Waals surface area contributed by atoms with Gasteiger partial charge in [-0.25, -0.2) is 0 Å². The smallest absolute Gasteiger partial charge is 0.306 e. The lowest BCUT2D eigenvalue weighted by molar-refractivity contribution is -0.167. The maximum atomic E-state index is 12.8. The first kappa shape index (κ1) is 54.4. The quantitative estimate of drug-likeness (QED) is 0.0348. The molecular formula is C50H96O6. The highest BCUT2D eigenvalue weighted by atomic mass is 16.6. The second-order valence-corrected chi connectivity index (χ2v) is 18.3. The monoisotopic (exact) mass is 793 g/mol. The number of hydrogen-bond donors (Lipinski definition) is 0. The molecule has 0 aromatic carbocycles. The van der Waals surface area contributed by atoms with Gasteiger partial charge in [0, 0.05) is 19.3 Å². The Morgan fingerprint density at radius 1 is 0.357 bits per heavy atom. The summed E-state index contributed by atoms with van der Waals surface area (Å²) >= 11 is 0. The van der Waals surface area contributed by atoms with Crippen molar-refractivity contribution in [1.82, 2.24) is 0 Å². The van der Waals surface area contributed by atoms with E-state index >= 15 is 0 Å². The molecule has 0 bridgehead atoms. The third kappa shape index (κ3) is 42.0. The van der Waals surface area contributed by atoms with Gasteiger partial charge in [-0.3, -0.25) is 14.4 Å². The second kappa shape index (κ2) is 41.6. The van der Waals surface area contributed by atoms with Crippen molar-refractivity contribution in [3.05, 3.63) is 0 Å². The highest BCUT2D eigenvalue weighted by molar-refractivity contribution is 5.71. The molecule has 6 heteroatoms. The first-order valence-corrected chi connectivity index (χ1v) is 24.6. The van der Waals surface area contributed by atoms with Gasteiger partial charge in [-0.2, -0.15) is 0 Å². The Morgan fingerprint density at radius 2 is 0.625 bits per heavy atom. The predicted molar refractivity (Wildman–Crippen MR) is 238 cm³/mol. The number of hydrogen-bond acceptors (Lipinski definition) is 6. The van der Waals surface area contributed by atoms with Gasteiger partial charge in [0.05, 0.1) is 0 Å². The van der Waals surface area contributed by atoms with Crippen LogP contribution in [-0.2, 0) is 28.6 Å². The van der Waals surface area contributed by atoms with E-state index in [9.17, 15) is 14.4 Å². The third-order valence-corrected chi connectivity index (χ3v) is 11.5. The van der Waals surface area contributed by atoms with Crippen molar-refractivity contribution in [1.29, 1.82) is 0 Å². The molecule has 1 unspecified atom stereocenters. The summed E-state index contributed by atoms with van der Waals surface area (Å²) in [6.07, 6.45) is 39.5. The van der Waals surface area contributed by atoms with Crippen molar-refractivity contribution in [3.63, 3.8) is 0 Å². The lowest BCUT2D eigenvalue weighted by Crippen LogP contribution is -2.30. The number of unbranched alkanes of at least 4 members (excludes halogenated alkanes) is 25. The molecule has 0 aromatic heterocycles. The fraction of sp³-hybridized carbons (Fsp3) is 0.940. The number of carbonyl (C=O) groups is 3. The first-order valence-electron chi connectivity index (χ1n) is 24.6. The third-order valence-electron chi connectivity index (χ3n) is 11.5. The summed E-state index contributed by atoms with van der Waals surface area (Å²) in [5.74, 6) is 1.59. The van der Waals surface area contributed by atoms with Crippen LogP contribution < -0.4 is 0 Å². The minimum Gasteiger partial charge on any atom is -0.462 e. The van der Waals surface area contributed by atoms with Crippen LogP contribution in [0.2, 0.25) is 0 Å². The summed E-state index contributed by atoms with van der Waals surface area (Å²) < 4.78 is 16.8. The minimum absolute atomic E-state index is 0.0663. The van der Waals surface area contributed by atoms with E-state index in [0.717, 1.165) is 75.5 Å². The SMILES string of the molecule is CCC(C)CCCCCCCCC(=O)OC[C@@H](COC(=O)CCCCCCCCCCC(C)C)OC(=O)CCCCCCCCCCCCCCCCC(C)C. The molecule has 0 spiro atoms. The fourth-order valence-electron chi connectivity index (χ4n) is 7.38. The molecular weight excluding hydrogens is 697 g/mol. The van der Waals surface area contributed by atoms with Crippen molar-refractivity contribution >= 4 is 17.9 Å². The molecule has 0 fully saturated rings. The van der Waals surface area contributed by atoms with E-state index in [2.05, 4.69) is 41.5 Å². The van der Waals surface area contributed by atoms with E-state index in [0.29, 0.717) is 19.3 Å². The molecule has 0 heterocycles. The minimum atomic E-state index is -0.763. The Labute approximate surface area is 348 Å². The summed E-state index contributed by atoms with van der Waals surface area (Å²) in [4.78, 5) is 37.8. The molecule has 0 N–H and O–H groups in total. The van der Waals surface area contributed by atoms with Gasteiger partial charge in [-0.15, -0.1) is 0 Å². The van der Waals surface area contributed by atoms with Gasteiger partial charge in [-0.05, 0) is 37.0 Å². The molecule has 0 saturated heterocycles. The summed E-state index contributed by atoms with van der Waals surface area (Å²) in [6, 6.07) is 0.